The summed E-state index contributed by atoms with van der Waals surface area (Å²) in [4.78, 5) is 5.17. The first kappa shape index (κ1) is 11.0. The van der Waals surface area contributed by atoms with Crippen molar-refractivity contribution in [2.24, 2.45) is 7.05 Å². The Kier molecular flexibility index (Phi) is 2.60. The number of nitrogens with zero attached hydrogens (tertiary/aromatic N) is 5. The second-order valence-corrected chi connectivity index (χ2v) is 4.77. The fourth-order valence-corrected chi connectivity index (χ4v) is 2.53. The predicted molar refractivity (Wildman–Crippen MR) is 69.1 cm³/mol. The summed E-state index contributed by atoms with van der Waals surface area (Å²) in [6, 6.07) is 5.75. The van der Waals surface area contributed by atoms with Crippen molar-refractivity contribution in [3.8, 4) is 0 Å². The molecule has 1 aromatic carbocycles. The zero-order valence-electron chi connectivity index (χ0n) is 9.61. The molecule has 0 bridgehead atoms. The fraction of sp³-hybridized carbons (Fsp3) is 0.0909. The minimum absolute atomic E-state index is 0.727. The number of pyridine rings is 1. The molecule has 0 aliphatic heterocycles. The van der Waals surface area contributed by atoms with Crippen LogP contribution in [0.15, 0.2) is 40.6 Å². The Morgan fingerprint density at radius 1 is 1.22 bits per heavy atom. The van der Waals surface area contributed by atoms with Gasteiger partial charge in [0.1, 0.15) is 0 Å². The fourth-order valence-electron chi connectivity index (χ4n) is 1.68. The molecule has 6 nitrogen and oxygen atoms in total. The lowest BCUT2D eigenvalue weighted by Gasteiger charge is -2.06. The van der Waals surface area contributed by atoms with Gasteiger partial charge in [0.2, 0.25) is 5.16 Å². The van der Waals surface area contributed by atoms with Crippen LogP contribution >= 0.6 is 11.8 Å². The van der Waals surface area contributed by atoms with Gasteiger partial charge in [-0.1, -0.05) is 0 Å². The Morgan fingerprint density at radius 3 is 2.89 bits per heavy atom. The van der Waals surface area contributed by atoms with Gasteiger partial charge in [-0.25, -0.2) is 4.68 Å². The molecular formula is C11H10N6S. The van der Waals surface area contributed by atoms with E-state index in [1.54, 1.807) is 24.1 Å². The van der Waals surface area contributed by atoms with E-state index < -0.39 is 0 Å². The Labute approximate surface area is 107 Å². The van der Waals surface area contributed by atoms with E-state index in [1.807, 2.05) is 18.2 Å². The van der Waals surface area contributed by atoms with Gasteiger partial charge in [0.25, 0.3) is 0 Å². The molecule has 0 aliphatic rings. The average molecular weight is 258 g/mol. The molecular weight excluding hydrogens is 248 g/mol. The number of aryl methyl sites for hydroxylation is 1. The summed E-state index contributed by atoms with van der Waals surface area (Å²) >= 11 is 1.49. The van der Waals surface area contributed by atoms with Crippen LogP contribution in [0.4, 0.5) is 5.69 Å². The number of hydrogen-bond donors (Lipinski definition) is 1. The second kappa shape index (κ2) is 4.26. The topological polar surface area (TPSA) is 82.5 Å². The van der Waals surface area contributed by atoms with E-state index in [0.717, 1.165) is 26.5 Å². The summed E-state index contributed by atoms with van der Waals surface area (Å²) < 4.78 is 1.63. The number of fused-ring (bicyclic) bond motifs is 1. The summed E-state index contributed by atoms with van der Waals surface area (Å²) in [5.74, 6) is 0. The molecule has 0 spiro atoms. The van der Waals surface area contributed by atoms with Crippen molar-refractivity contribution in [1.82, 2.24) is 25.2 Å². The second-order valence-electron chi connectivity index (χ2n) is 3.76. The van der Waals surface area contributed by atoms with Gasteiger partial charge in [-0.15, -0.1) is 5.10 Å². The number of aromatic nitrogens is 5. The molecule has 7 heteroatoms. The minimum Gasteiger partial charge on any atom is -0.398 e. The van der Waals surface area contributed by atoms with Gasteiger partial charge in [0, 0.05) is 40.8 Å². The molecule has 3 rings (SSSR count). The third-order valence-electron chi connectivity index (χ3n) is 2.59. The maximum atomic E-state index is 5.95. The maximum absolute atomic E-state index is 5.95. The van der Waals surface area contributed by atoms with Crippen LogP contribution in [0.1, 0.15) is 0 Å². The SMILES string of the molecule is Cn1nnnc1Sc1ccc(N)c2ccncc12. The number of rotatable bonds is 2. The van der Waals surface area contributed by atoms with Crippen LogP contribution in [0.5, 0.6) is 0 Å². The van der Waals surface area contributed by atoms with Crippen LogP contribution in [-0.2, 0) is 7.05 Å². The third kappa shape index (κ3) is 1.78. The summed E-state index contributed by atoms with van der Waals surface area (Å²) in [7, 11) is 1.81. The van der Waals surface area contributed by atoms with Crippen LogP contribution < -0.4 is 5.73 Å². The third-order valence-corrected chi connectivity index (χ3v) is 3.70. The van der Waals surface area contributed by atoms with Gasteiger partial charge in [-0.2, -0.15) is 0 Å². The van der Waals surface area contributed by atoms with E-state index in [4.69, 9.17) is 5.73 Å². The van der Waals surface area contributed by atoms with Crippen LogP contribution in [0.3, 0.4) is 0 Å². The van der Waals surface area contributed by atoms with E-state index in [0.29, 0.717) is 0 Å². The molecule has 90 valence electrons. The quantitative estimate of drug-likeness (QED) is 0.701. The van der Waals surface area contributed by atoms with Crippen molar-refractivity contribution in [2.45, 2.75) is 10.1 Å². The lowest BCUT2D eigenvalue weighted by Crippen LogP contribution is -1.93. The van der Waals surface area contributed by atoms with E-state index in [1.165, 1.54) is 11.8 Å². The van der Waals surface area contributed by atoms with Gasteiger partial charge < -0.3 is 5.73 Å². The van der Waals surface area contributed by atoms with Crippen molar-refractivity contribution >= 4 is 28.2 Å². The van der Waals surface area contributed by atoms with Crippen molar-refractivity contribution < 1.29 is 0 Å². The lowest BCUT2D eigenvalue weighted by atomic mass is 10.1. The highest BCUT2D eigenvalue weighted by Crippen LogP contribution is 2.33. The van der Waals surface area contributed by atoms with Crippen LogP contribution in [0, 0.1) is 0 Å². The smallest absolute Gasteiger partial charge is 0.213 e. The Hall–Kier alpha value is -2.15. The van der Waals surface area contributed by atoms with Crippen LogP contribution in [-0.4, -0.2) is 25.2 Å². The minimum atomic E-state index is 0.727. The first-order valence-corrected chi connectivity index (χ1v) is 6.10. The molecule has 0 atom stereocenters. The number of benzene rings is 1. The number of hydrogen-bond acceptors (Lipinski definition) is 6. The standard InChI is InChI=1S/C11H10N6S/c1-17-11(14-15-16-17)18-10-3-2-9(12)7-4-5-13-6-8(7)10/h2-6H,12H2,1H3. The molecule has 2 heterocycles. The highest BCUT2D eigenvalue weighted by atomic mass is 32.2. The van der Waals surface area contributed by atoms with Gasteiger partial charge in [0.15, 0.2) is 0 Å². The Bertz CT molecular complexity index is 708. The van der Waals surface area contributed by atoms with Crippen LogP contribution in [0.2, 0.25) is 0 Å². The summed E-state index contributed by atoms with van der Waals surface area (Å²) in [5.41, 5.74) is 6.69. The zero-order chi connectivity index (χ0) is 12.5. The van der Waals surface area contributed by atoms with Gasteiger partial charge in [-0.05, 0) is 40.4 Å². The van der Waals surface area contributed by atoms with Gasteiger partial charge in [-0.3, -0.25) is 4.98 Å². The van der Waals surface area contributed by atoms with Crippen molar-refractivity contribution in [3.05, 3.63) is 30.6 Å². The molecule has 0 amide bonds. The van der Waals surface area contributed by atoms with Crippen molar-refractivity contribution in [3.63, 3.8) is 0 Å². The average Bonchev–Trinajstić information content (AvgIpc) is 2.79. The largest absolute Gasteiger partial charge is 0.398 e. The molecule has 0 saturated carbocycles. The number of nitrogens with two attached hydrogens (primary N) is 1. The maximum Gasteiger partial charge on any atom is 0.213 e. The Balaban J connectivity index is 2.13. The van der Waals surface area contributed by atoms with Gasteiger partial charge in [0.05, 0.1) is 0 Å². The molecule has 0 saturated heterocycles. The summed E-state index contributed by atoms with van der Waals surface area (Å²) in [6.45, 7) is 0. The number of anilines is 1. The van der Waals surface area contributed by atoms with E-state index in [-0.39, 0.29) is 0 Å². The summed E-state index contributed by atoms with van der Waals surface area (Å²) in [5, 5.41) is 14.1. The molecule has 3 aromatic rings. The van der Waals surface area contributed by atoms with Crippen molar-refractivity contribution in [1.29, 1.82) is 0 Å². The normalized spacial score (nSPS) is 10.9. The van der Waals surface area contributed by atoms with E-state index >= 15 is 0 Å². The zero-order valence-corrected chi connectivity index (χ0v) is 10.4. The molecule has 2 N–H and O–H groups in total. The van der Waals surface area contributed by atoms with E-state index in [9.17, 15) is 0 Å². The van der Waals surface area contributed by atoms with Crippen LogP contribution in [0.25, 0.3) is 10.8 Å². The number of tetrazole rings is 1. The molecule has 18 heavy (non-hydrogen) atoms. The summed E-state index contributed by atoms with van der Waals surface area (Å²) in [6.07, 6.45) is 3.54. The number of nitrogen functional groups attached to an aromatic ring is 1. The molecule has 0 radical (unpaired) electrons. The first-order valence-electron chi connectivity index (χ1n) is 5.28. The first-order chi connectivity index (χ1) is 8.75. The highest BCUT2D eigenvalue weighted by Gasteiger charge is 2.09. The molecule has 0 aliphatic carbocycles. The molecule has 0 unspecified atom stereocenters. The van der Waals surface area contributed by atoms with E-state index in [2.05, 4.69) is 20.5 Å². The van der Waals surface area contributed by atoms with Crippen molar-refractivity contribution in [2.75, 3.05) is 5.73 Å². The predicted octanol–water partition coefficient (Wildman–Crippen LogP) is 1.49. The monoisotopic (exact) mass is 258 g/mol. The highest BCUT2D eigenvalue weighted by molar-refractivity contribution is 7.99. The van der Waals surface area contributed by atoms with Gasteiger partial charge >= 0.3 is 0 Å². The molecule has 0 fully saturated rings. The Morgan fingerprint density at radius 2 is 2.11 bits per heavy atom. The molecule has 2 aromatic heterocycles. The lowest BCUT2D eigenvalue weighted by molar-refractivity contribution is 0.664.